The molecule has 3 rings (SSSR count). The fourth-order valence-corrected chi connectivity index (χ4v) is 5.74. The van der Waals surface area contributed by atoms with Gasteiger partial charge in [0.2, 0.25) is 5.91 Å². The van der Waals surface area contributed by atoms with Gasteiger partial charge in [0.25, 0.3) is 0 Å². The van der Waals surface area contributed by atoms with Crippen molar-refractivity contribution in [1.82, 2.24) is 10.2 Å². The second-order valence-electron chi connectivity index (χ2n) is 7.17. The number of rotatable bonds is 5. The summed E-state index contributed by atoms with van der Waals surface area (Å²) in [5.74, 6) is -1.37. The Morgan fingerprint density at radius 1 is 1.48 bits per heavy atom. The van der Waals surface area contributed by atoms with Crippen LogP contribution in [0.1, 0.15) is 24.9 Å². The molecule has 2 aliphatic heterocycles. The van der Waals surface area contributed by atoms with Crippen molar-refractivity contribution in [2.75, 3.05) is 37.7 Å². The summed E-state index contributed by atoms with van der Waals surface area (Å²) in [7, 11) is -3.14. The first-order valence-corrected chi connectivity index (χ1v) is 11.2. The number of nitrogens with one attached hydrogen (secondary N) is 1. The Hall–Kier alpha value is -1.22. The molecule has 2 heterocycles. The molecular weight excluding hydrogens is 395 g/mol. The van der Waals surface area contributed by atoms with Crippen LogP contribution < -0.4 is 5.32 Å². The Balaban J connectivity index is 1.77. The number of morpholine rings is 1. The van der Waals surface area contributed by atoms with E-state index in [2.05, 4.69) is 5.32 Å². The first-order valence-electron chi connectivity index (χ1n) is 9.04. The number of carbonyl (C=O) groups is 1. The number of hydrogen-bond acceptors (Lipinski definition) is 5. The molecule has 0 bridgehead atoms. The number of sulfone groups is 1. The quantitative estimate of drug-likeness (QED) is 0.789. The summed E-state index contributed by atoms with van der Waals surface area (Å²) in [5, 5.41) is 3.12. The fourth-order valence-electron chi connectivity index (χ4n) is 3.71. The lowest BCUT2D eigenvalue weighted by Crippen LogP contribution is -2.47. The number of ether oxygens (including phenoxy) is 1. The van der Waals surface area contributed by atoms with Crippen molar-refractivity contribution in [3.8, 4) is 0 Å². The van der Waals surface area contributed by atoms with Gasteiger partial charge in [-0.3, -0.25) is 9.69 Å². The summed E-state index contributed by atoms with van der Waals surface area (Å²) < 4.78 is 43.3. The molecule has 1 amide bonds. The van der Waals surface area contributed by atoms with Crippen molar-refractivity contribution < 1.29 is 22.3 Å². The van der Waals surface area contributed by atoms with Crippen LogP contribution in [0.3, 0.4) is 0 Å². The van der Waals surface area contributed by atoms with Crippen LogP contribution in [-0.2, 0) is 19.4 Å². The molecule has 9 heteroatoms. The molecule has 1 aromatic rings. The Morgan fingerprint density at radius 2 is 2.26 bits per heavy atom. The summed E-state index contributed by atoms with van der Waals surface area (Å²) >= 11 is 6.27. The van der Waals surface area contributed by atoms with E-state index >= 15 is 0 Å². The third kappa shape index (κ3) is 4.99. The van der Waals surface area contributed by atoms with Crippen molar-refractivity contribution in [3.63, 3.8) is 0 Å². The molecule has 0 aromatic heterocycles. The SMILES string of the molecule is CC1CN(C(CNC(=O)C2CCS(=O)(=O)C2)c2c(F)cccc2Cl)CCO1. The predicted molar refractivity (Wildman–Crippen MR) is 101 cm³/mol. The lowest BCUT2D eigenvalue weighted by molar-refractivity contribution is -0.124. The van der Waals surface area contributed by atoms with Crippen molar-refractivity contribution in [2.45, 2.75) is 25.5 Å². The first kappa shape index (κ1) is 20.5. The maximum Gasteiger partial charge on any atom is 0.224 e. The Labute approximate surface area is 163 Å². The monoisotopic (exact) mass is 418 g/mol. The maximum absolute atomic E-state index is 14.5. The van der Waals surface area contributed by atoms with E-state index in [0.717, 1.165) is 0 Å². The predicted octanol–water partition coefficient (Wildman–Crippen LogP) is 1.79. The lowest BCUT2D eigenvalue weighted by Gasteiger charge is -2.38. The van der Waals surface area contributed by atoms with E-state index < -0.39 is 27.6 Å². The Kier molecular flexibility index (Phi) is 6.40. The van der Waals surface area contributed by atoms with Crippen molar-refractivity contribution in [1.29, 1.82) is 0 Å². The van der Waals surface area contributed by atoms with E-state index in [1.165, 1.54) is 6.07 Å². The van der Waals surface area contributed by atoms with Crippen LogP contribution in [0.25, 0.3) is 0 Å². The smallest absolute Gasteiger partial charge is 0.224 e. The van der Waals surface area contributed by atoms with Gasteiger partial charge in [0.15, 0.2) is 9.84 Å². The molecule has 1 aromatic carbocycles. The molecule has 2 aliphatic rings. The van der Waals surface area contributed by atoms with Gasteiger partial charge in [-0.2, -0.15) is 0 Å². The third-order valence-electron chi connectivity index (χ3n) is 5.12. The summed E-state index contributed by atoms with van der Waals surface area (Å²) in [6.07, 6.45) is 0.316. The average Bonchev–Trinajstić information content (AvgIpc) is 2.97. The maximum atomic E-state index is 14.5. The van der Waals surface area contributed by atoms with Crippen molar-refractivity contribution >= 4 is 27.3 Å². The largest absolute Gasteiger partial charge is 0.376 e. The zero-order valence-corrected chi connectivity index (χ0v) is 16.7. The molecule has 6 nitrogen and oxygen atoms in total. The van der Waals surface area contributed by atoms with E-state index in [-0.39, 0.29) is 30.1 Å². The van der Waals surface area contributed by atoms with Crippen molar-refractivity contribution in [2.24, 2.45) is 5.92 Å². The highest BCUT2D eigenvalue weighted by atomic mass is 35.5. The zero-order chi connectivity index (χ0) is 19.6. The molecule has 0 spiro atoms. The number of carbonyl (C=O) groups excluding carboxylic acids is 1. The molecule has 3 unspecified atom stereocenters. The van der Waals surface area contributed by atoms with Crippen LogP contribution >= 0.6 is 11.6 Å². The minimum absolute atomic E-state index is 0.0116. The average molecular weight is 419 g/mol. The van der Waals surface area contributed by atoms with Crippen LogP contribution in [0.2, 0.25) is 5.02 Å². The normalized spacial score (nSPS) is 26.6. The van der Waals surface area contributed by atoms with Gasteiger partial charge in [-0.15, -0.1) is 0 Å². The van der Waals surface area contributed by atoms with Crippen molar-refractivity contribution in [3.05, 3.63) is 34.6 Å². The molecular formula is C18H24ClFN2O4S. The summed E-state index contributed by atoms with van der Waals surface area (Å²) in [6.45, 7) is 3.78. The number of nitrogens with zero attached hydrogens (tertiary/aromatic N) is 1. The topological polar surface area (TPSA) is 75.7 Å². The molecule has 150 valence electrons. The van der Waals surface area contributed by atoms with Gasteiger partial charge >= 0.3 is 0 Å². The second kappa shape index (κ2) is 8.43. The Bertz CT molecular complexity index is 784. The fraction of sp³-hybridized carbons (Fsp3) is 0.611. The van der Waals surface area contributed by atoms with Gasteiger partial charge in [-0.05, 0) is 25.5 Å². The van der Waals surface area contributed by atoms with E-state index in [4.69, 9.17) is 16.3 Å². The molecule has 1 N–H and O–H groups in total. The highest BCUT2D eigenvalue weighted by molar-refractivity contribution is 7.91. The molecule has 3 atom stereocenters. The summed E-state index contributed by atoms with van der Waals surface area (Å²) in [6, 6.07) is 4.07. The molecule has 27 heavy (non-hydrogen) atoms. The molecule has 2 saturated heterocycles. The minimum atomic E-state index is -3.14. The van der Waals surface area contributed by atoms with E-state index in [1.807, 2.05) is 11.8 Å². The van der Waals surface area contributed by atoms with E-state index in [9.17, 15) is 17.6 Å². The van der Waals surface area contributed by atoms with Gasteiger partial charge in [-0.1, -0.05) is 17.7 Å². The molecule has 0 saturated carbocycles. The third-order valence-corrected chi connectivity index (χ3v) is 7.22. The highest BCUT2D eigenvalue weighted by Crippen LogP contribution is 2.31. The summed E-state index contributed by atoms with van der Waals surface area (Å²) in [5.41, 5.74) is 0.340. The number of amides is 1. The van der Waals surface area contributed by atoms with Gasteiger partial charge in [0, 0.05) is 30.2 Å². The summed E-state index contributed by atoms with van der Waals surface area (Å²) in [4.78, 5) is 14.5. The van der Waals surface area contributed by atoms with Gasteiger partial charge < -0.3 is 10.1 Å². The molecule has 0 radical (unpaired) electrons. The second-order valence-corrected chi connectivity index (χ2v) is 9.81. The number of benzene rings is 1. The highest BCUT2D eigenvalue weighted by Gasteiger charge is 2.34. The van der Waals surface area contributed by atoms with Gasteiger partial charge in [0.05, 0.1) is 36.2 Å². The van der Waals surface area contributed by atoms with Gasteiger partial charge in [0.1, 0.15) is 5.82 Å². The molecule has 2 fully saturated rings. The number of hydrogen-bond donors (Lipinski definition) is 1. The van der Waals surface area contributed by atoms with Crippen LogP contribution in [0.5, 0.6) is 0 Å². The van der Waals surface area contributed by atoms with E-state index in [1.54, 1.807) is 12.1 Å². The number of halogens is 2. The standard InChI is InChI=1S/C18H24ClFN2O4S/c1-12-10-22(6-7-26-12)16(17-14(19)3-2-4-15(17)20)9-21-18(23)13-5-8-27(24,25)11-13/h2-4,12-13,16H,5-11H2,1H3,(H,21,23). The Morgan fingerprint density at radius 3 is 2.89 bits per heavy atom. The van der Waals surface area contributed by atoms with E-state index in [0.29, 0.717) is 36.7 Å². The first-order chi connectivity index (χ1) is 12.8. The van der Waals surface area contributed by atoms with Crippen LogP contribution in [0, 0.1) is 11.7 Å². The minimum Gasteiger partial charge on any atom is -0.376 e. The zero-order valence-electron chi connectivity index (χ0n) is 15.2. The van der Waals surface area contributed by atoms with Gasteiger partial charge in [-0.25, -0.2) is 12.8 Å². The van der Waals surface area contributed by atoms with Crippen LogP contribution in [0.4, 0.5) is 4.39 Å². The lowest BCUT2D eigenvalue weighted by atomic mass is 10.0. The van der Waals surface area contributed by atoms with Crippen LogP contribution in [-0.4, -0.2) is 63.1 Å². The van der Waals surface area contributed by atoms with Crippen LogP contribution in [0.15, 0.2) is 18.2 Å². The molecule has 0 aliphatic carbocycles.